The van der Waals surface area contributed by atoms with Gasteiger partial charge >= 0.3 is 0 Å². The first-order chi connectivity index (χ1) is 7.67. The molecule has 2 atom stereocenters. The monoisotopic (exact) mass is 237 g/mol. The topological polar surface area (TPSA) is 37.8 Å². The fourth-order valence-corrected chi connectivity index (χ4v) is 3.48. The molecular formula is C12H19N3S. The Hall–Kier alpha value is -0.610. The van der Waals surface area contributed by atoms with Crippen LogP contribution < -0.4 is 5.32 Å². The van der Waals surface area contributed by atoms with Crippen LogP contribution in [0.5, 0.6) is 0 Å². The maximum absolute atomic E-state index is 4.48. The summed E-state index contributed by atoms with van der Waals surface area (Å²) < 4.78 is 0. The second-order valence-corrected chi connectivity index (χ2v) is 5.74. The van der Waals surface area contributed by atoms with Crippen LogP contribution in [0, 0.1) is 13.8 Å². The molecule has 0 aliphatic heterocycles. The molecule has 2 rings (SSSR count). The summed E-state index contributed by atoms with van der Waals surface area (Å²) in [5, 5.41) is 4.97. The van der Waals surface area contributed by atoms with E-state index in [9.17, 15) is 0 Å². The van der Waals surface area contributed by atoms with Crippen LogP contribution in [0.25, 0.3) is 0 Å². The van der Waals surface area contributed by atoms with Gasteiger partial charge < -0.3 is 5.32 Å². The molecule has 3 nitrogen and oxygen atoms in total. The van der Waals surface area contributed by atoms with Crippen molar-refractivity contribution in [2.75, 3.05) is 7.05 Å². The predicted octanol–water partition coefficient (Wildman–Crippen LogP) is 2.33. The largest absolute Gasteiger partial charge is 0.317 e. The van der Waals surface area contributed by atoms with Gasteiger partial charge in [0.25, 0.3) is 0 Å². The molecule has 0 aromatic carbocycles. The summed E-state index contributed by atoms with van der Waals surface area (Å²) in [5.74, 6) is 0. The maximum Gasteiger partial charge on any atom is 0.188 e. The van der Waals surface area contributed by atoms with Gasteiger partial charge in [-0.3, -0.25) is 0 Å². The molecule has 1 aliphatic carbocycles. The second kappa shape index (κ2) is 5.15. The van der Waals surface area contributed by atoms with Crippen molar-refractivity contribution in [1.29, 1.82) is 0 Å². The lowest BCUT2D eigenvalue weighted by Crippen LogP contribution is -2.21. The molecule has 4 heteroatoms. The van der Waals surface area contributed by atoms with Crippen molar-refractivity contribution in [3.63, 3.8) is 0 Å². The summed E-state index contributed by atoms with van der Waals surface area (Å²) >= 11 is 1.84. The molecular weight excluding hydrogens is 218 g/mol. The highest BCUT2D eigenvalue weighted by molar-refractivity contribution is 7.99. The summed E-state index contributed by atoms with van der Waals surface area (Å²) in [7, 11) is 2.05. The first kappa shape index (κ1) is 11.9. The van der Waals surface area contributed by atoms with E-state index in [2.05, 4.69) is 15.3 Å². The highest BCUT2D eigenvalue weighted by Gasteiger charge is 2.24. The van der Waals surface area contributed by atoms with E-state index in [0.717, 1.165) is 16.5 Å². The fourth-order valence-electron chi connectivity index (χ4n) is 2.20. The number of hydrogen-bond acceptors (Lipinski definition) is 4. The first-order valence-corrected chi connectivity index (χ1v) is 6.71. The molecule has 1 fully saturated rings. The Kier molecular flexibility index (Phi) is 3.82. The van der Waals surface area contributed by atoms with Crippen molar-refractivity contribution in [3.8, 4) is 0 Å². The molecule has 0 radical (unpaired) electrons. The normalized spacial score (nSPS) is 24.9. The number of rotatable bonds is 3. The molecule has 0 amide bonds. The van der Waals surface area contributed by atoms with Crippen LogP contribution >= 0.6 is 11.8 Å². The van der Waals surface area contributed by atoms with Crippen molar-refractivity contribution in [2.24, 2.45) is 0 Å². The summed E-state index contributed by atoms with van der Waals surface area (Å²) in [5.41, 5.74) is 2.14. The predicted molar refractivity (Wildman–Crippen MR) is 67.8 cm³/mol. The van der Waals surface area contributed by atoms with Gasteiger partial charge in [-0.1, -0.05) is 11.8 Å². The summed E-state index contributed by atoms with van der Waals surface area (Å²) in [6.45, 7) is 4.06. The average Bonchev–Trinajstić information content (AvgIpc) is 2.64. The number of nitrogens with one attached hydrogen (secondary N) is 1. The minimum atomic E-state index is 0.679. The Balaban J connectivity index is 1.99. The molecule has 2 unspecified atom stereocenters. The van der Waals surface area contributed by atoms with Gasteiger partial charge in [-0.15, -0.1) is 0 Å². The molecule has 88 valence electrons. The number of aromatic nitrogens is 2. The summed E-state index contributed by atoms with van der Waals surface area (Å²) in [4.78, 5) is 8.96. The lowest BCUT2D eigenvalue weighted by atomic mass is 10.3. The van der Waals surface area contributed by atoms with E-state index in [-0.39, 0.29) is 0 Å². The van der Waals surface area contributed by atoms with Crippen molar-refractivity contribution >= 4 is 11.8 Å². The van der Waals surface area contributed by atoms with Crippen molar-refractivity contribution in [3.05, 3.63) is 17.5 Å². The zero-order chi connectivity index (χ0) is 11.5. The van der Waals surface area contributed by atoms with Gasteiger partial charge in [-0.05, 0) is 46.2 Å². The van der Waals surface area contributed by atoms with Gasteiger partial charge in [0.15, 0.2) is 5.16 Å². The zero-order valence-electron chi connectivity index (χ0n) is 10.2. The van der Waals surface area contributed by atoms with E-state index in [1.165, 1.54) is 19.3 Å². The average molecular weight is 237 g/mol. The van der Waals surface area contributed by atoms with Gasteiger partial charge in [0.1, 0.15) is 0 Å². The minimum Gasteiger partial charge on any atom is -0.317 e. The third-order valence-electron chi connectivity index (χ3n) is 3.03. The Bertz CT molecular complexity index is 347. The van der Waals surface area contributed by atoms with Crippen molar-refractivity contribution in [2.45, 2.75) is 49.6 Å². The molecule has 1 aliphatic rings. The third-order valence-corrected chi connectivity index (χ3v) is 4.18. The minimum absolute atomic E-state index is 0.679. The fraction of sp³-hybridized carbons (Fsp3) is 0.667. The smallest absolute Gasteiger partial charge is 0.188 e. The summed E-state index contributed by atoms with van der Waals surface area (Å²) in [6.07, 6.45) is 3.78. The number of thioether (sulfide) groups is 1. The van der Waals surface area contributed by atoms with Gasteiger partial charge in [0, 0.05) is 22.7 Å². The van der Waals surface area contributed by atoms with Gasteiger partial charge in [-0.2, -0.15) is 0 Å². The lowest BCUT2D eigenvalue weighted by Gasteiger charge is -2.10. The van der Waals surface area contributed by atoms with Crippen LogP contribution in [-0.4, -0.2) is 28.3 Å². The Labute approximate surface area is 101 Å². The number of nitrogens with zero attached hydrogens (tertiary/aromatic N) is 2. The molecule has 0 saturated heterocycles. The molecule has 0 bridgehead atoms. The van der Waals surface area contributed by atoms with Crippen molar-refractivity contribution in [1.82, 2.24) is 15.3 Å². The molecule has 16 heavy (non-hydrogen) atoms. The molecule has 0 spiro atoms. The van der Waals surface area contributed by atoms with Crippen LogP contribution in [0.1, 0.15) is 30.7 Å². The highest BCUT2D eigenvalue weighted by atomic mass is 32.2. The SMILES string of the molecule is CNC1CCC(Sc2nc(C)cc(C)n2)C1. The maximum atomic E-state index is 4.48. The van der Waals surface area contributed by atoms with E-state index in [0.29, 0.717) is 11.3 Å². The lowest BCUT2D eigenvalue weighted by molar-refractivity contribution is 0.583. The van der Waals surface area contributed by atoms with Gasteiger partial charge in [-0.25, -0.2) is 9.97 Å². The van der Waals surface area contributed by atoms with E-state index in [1.807, 2.05) is 38.7 Å². The Morgan fingerprint density at radius 1 is 1.25 bits per heavy atom. The quantitative estimate of drug-likeness (QED) is 0.819. The van der Waals surface area contributed by atoms with E-state index < -0.39 is 0 Å². The molecule has 1 aromatic rings. The summed E-state index contributed by atoms with van der Waals surface area (Å²) in [6, 6.07) is 2.71. The molecule has 1 saturated carbocycles. The second-order valence-electron chi connectivity index (χ2n) is 4.47. The van der Waals surface area contributed by atoms with E-state index in [1.54, 1.807) is 0 Å². The van der Waals surface area contributed by atoms with Gasteiger partial charge in [0.2, 0.25) is 0 Å². The third kappa shape index (κ3) is 2.95. The van der Waals surface area contributed by atoms with Gasteiger partial charge in [0.05, 0.1) is 0 Å². The van der Waals surface area contributed by atoms with E-state index >= 15 is 0 Å². The zero-order valence-corrected chi connectivity index (χ0v) is 11.0. The molecule has 1 aromatic heterocycles. The Morgan fingerprint density at radius 2 is 1.94 bits per heavy atom. The Morgan fingerprint density at radius 3 is 2.50 bits per heavy atom. The van der Waals surface area contributed by atoms with Crippen LogP contribution in [0.2, 0.25) is 0 Å². The standard InChI is InChI=1S/C12H19N3S/c1-8-6-9(2)15-12(14-8)16-11-5-4-10(7-11)13-3/h6,10-11,13H,4-5,7H2,1-3H3. The van der Waals surface area contributed by atoms with Crippen molar-refractivity contribution < 1.29 is 0 Å². The van der Waals surface area contributed by atoms with Crippen LogP contribution in [0.4, 0.5) is 0 Å². The number of hydrogen-bond donors (Lipinski definition) is 1. The number of aryl methyl sites for hydroxylation is 2. The first-order valence-electron chi connectivity index (χ1n) is 5.83. The highest BCUT2D eigenvalue weighted by Crippen LogP contribution is 2.33. The molecule has 1 N–H and O–H groups in total. The van der Waals surface area contributed by atoms with E-state index in [4.69, 9.17) is 0 Å². The van der Waals surface area contributed by atoms with Crippen LogP contribution in [0.15, 0.2) is 11.2 Å². The molecule has 1 heterocycles. The van der Waals surface area contributed by atoms with Crippen LogP contribution in [-0.2, 0) is 0 Å². The van der Waals surface area contributed by atoms with Crippen LogP contribution in [0.3, 0.4) is 0 Å².